The summed E-state index contributed by atoms with van der Waals surface area (Å²) in [7, 11) is 0. The number of hydrogen-bond acceptors (Lipinski definition) is 2. The summed E-state index contributed by atoms with van der Waals surface area (Å²) >= 11 is 0. The molecule has 4 aromatic carbocycles. The minimum atomic E-state index is 0.663. The second-order valence-corrected chi connectivity index (χ2v) is 13.8. The van der Waals surface area contributed by atoms with E-state index >= 15 is 0 Å². The first-order chi connectivity index (χ1) is 26.5. The average Bonchev–Trinajstić information content (AvgIpc) is 3.99. The summed E-state index contributed by atoms with van der Waals surface area (Å²) in [5.74, 6) is 0. The molecule has 6 bridgehead atoms. The number of aromatic amines is 2. The van der Waals surface area contributed by atoms with Crippen LogP contribution in [0.4, 0.5) is 0 Å². The molecule has 6 aromatic rings. The normalized spacial score (nSPS) is 11.8. The van der Waals surface area contributed by atoms with Crippen LogP contribution in [0.1, 0.15) is 48.0 Å². The van der Waals surface area contributed by atoms with E-state index in [0.717, 1.165) is 89.7 Å². The van der Waals surface area contributed by atoms with E-state index in [-0.39, 0.29) is 0 Å². The Morgan fingerprint density at radius 1 is 0.481 bits per heavy atom. The van der Waals surface area contributed by atoms with E-state index in [1.165, 1.54) is 5.57 Å². The third-order valence-corrected chi connectivity index (χ3v) is 9.68. The van der Waals surface area contributed by atoms with Crippen molar-refractivity contribution >= 4 is 35.3 Å². The van der Waals surface area contributed by atoms with Crippen LogP contribution in [0.2, 0.25) is 0 Å². The van der Waals surface area contributed by atoms with Gasteiger partial charge in [-0.05, 0) is 79.5 Å². The minimum absolute atomic E-state index is 0.663. The first-order valence-electron chi connectivity index (χ1n) is 18.5. The molecule has 0 saturated heterocycles. The average molecular weight is 699 g/mol. The SMILES string of the molecule is CC(C)=C/C=C/Cc1[nH]c(C)c(-c2ccccc2)c2nc(c(-c3ccccc3)c3ccc([nH]3)c(-c3ccccc3)c3nc(c1-c1ccccc1)C=C3)C=C2. The molecule has 0 atom stereocenters. The molecule has 4 heteroatoms. The van der Waals surface area contributed by atoms with Crippen LogP contribution in [-0.2, 0) is 6.42 Å². The maximum atomic E-state index is 5.46. The lowest BCUT2D eigenvalue weighted by atomic mass is 9.99. The topological polar surface area (TPSA) is 57.4 Å². The molecule has 2 aliphatic heterocycles. The van der Waals surface area contributed by atoms with Gasteiger partial charge in [-0.3, -0.25) is 0 Å². The molecular weight excluding hydrogens is 657 g/mol. The van der Waals surface area contributed by atoms with E-state index in [4.69, 9.17) is 9.97 Å². The number of fused-ring (bicyclic) bond motifs is 6. The number of allylic oxidation sites excluding steroid dienone is 4. The van der Waals surface area contributed by atoms with Crippen molar-refractivity contribution in [3.8, 4) is 44.5 Å². The molecule has 2 N–H and O–H groups in total. The molecule has 262 valence electrons. The molecule has 0 fully saturated rings. The van der Waals surface area contributed by atoms with Crippen LogP contribution in [0.5, 0.6) is 0 Å². The van der Waals surface area contributed by atoms with Crippen LogP contribution in [0, 0.1) is 6.92 Å². The van der Waals surface area contributed by atoms with Gasteiger partial charge in [0, 0.05) is 51.1 Å². The van der Waals surface area contributed by atoms with E-state index in [2.05, 4.69) is 207 Å². The Balaban J connectivity index is 1.58. The number of rotatable bonds is 7. The van der Waals surface area contributed by atoms with E-state index < -0.39 is 0 Å². The number of benzene rings is 4. The van der Waals surface area contributed by atoms with Gasteiger partial charge in [0.1, 0.15) is 0 Å². The van der Waals surface area contributed by atoms with Crippen molar-refractivity contribution in [1.82, 2.24) is 19.9 Å². The van der Waals surface area contributed by atoms with Gasteiger partial charge < -0.3 is 9.97 Å². The van der Waals surface area contributed by atoms with Gasteiger partial charge in [0.2, 0.25) is 0 Å². The van der Waals surface area contributed by atoms with E-state index in [0.29, 0.717) is 6.42 Å². The van der Waals surface area contributed by atoms with Gasteiger partial charge in [-0.2, -0.15) is 0 Å². The highest BCUT2D eigenvalue weighted by atomic mass is 14.8. The molecule has 0 amide bonds. The minimum Gasteiger partial charge on any atom is -0.361 e. The number of aromatic nitrogens is 4. The highest BCUT2D eigenvalue weighted by molar-refractivity contribution is 5.96. The quantitative estimate of drug-likeness (QED) is 0.163. The van der Waals surface area contributed by atoms with Crippen LogP contribution < -0.4 is 0 Å². The first kappa shape index (κ1) is 34.3. The maximum Gasteiger partial charge on any atom is 0.0737 e. The monoisotopic (exact) mass is 698 g/mol. The fraction of sp³-hybridized carbons (Fsp3) is 0.0800. The molecule has 4 nitrogen and oxygen atoms in total. The highest BCUT2D eigenvalue weighted by Crippen LogP contribution is 2.37. The summed E-state index contributed by atoms with van der Waals surface area (Å²) < 4.78 is 0. The van der Waals surface area contributed by atoms with Crippen molar-refractivity contribution in [2.75, 3.05) is 0 Å². The molecule has 8 rings (SSSR count). The lowest BCUT2D eigenvalue weighted by Gasteiger charge is -2.12. The first-order valence-corrected chi connectivity index (χ1v) is 18.5. The predicted octanol–water partition coefficient (Wildman–Crippen LogP) is 13.1. The molecule has 2 aliphatic rings. The van der Waals surface area contributed by atoms with E-state index in [1.807, 2.05) is 0 Å². The Labute approximate surface area is 317 Å². The zero-order valence-electron chi connectivity index (χ0n) is 30.8. The molecule has 4 heterocycles. The molecule has 0 spiro atoms. The molecule has 0 unspecified atom stereocenters. The number of hydrogen-bond donors (Lipinski definition) is 2. The van der Waals surface area contributed by atoms with Gasteiger partial charge in [0.15, 0.2) is 0 Å². The number of aryl methyl sites for hydroxylation is 1. The smallest absolute Gasteiger partial charge is 0.0737 e. The lowest BCUT2D eigenvalue weighted by Crippen LogP contribution is -1.98. The van der Waals surface area contributed by atoms with Crippen LogP contribution in [0.25, 0.3) is 79.8 Å². The fourth-order valence-electron chi connectivity index (χ4n) is 7.25. The van der Waals surface area contributed by atoms with Crippen molar-refractivity contribution in [2.45, 2.75) is 27.2 Å². The summed E-state index contributed by atoms with van der Waals surface area (Å²) in [5.41, 5.74) is 17.4. The van der Waals surface area contributed by atoms with Crippen molar-refractivity contribution in [2.24, 2.45) is 0 Å². The lowest BCUT2D eigenvalue weighted by molar-refractivity contribution is 1.07. The summed E-state index contributed by atoms with van der Waals surface area (Å²) in [6.07, 6.45) is 15.8. The van der Waals surface area contributed by atoms with Crippen LogP contribution in [0.15, 0.2) is 157 Å². The second kappa shape index (κ2) is 15.4. The van der Waals surface area contributed by atoms with Crippen LogP contribution in [-0.4, -0.2) is 19.9 Å². The maximum absolute atomic E-state index is 5.46. The number of nitrogens with zero attached hydrogens (tertiary/aromatic N) is 2. The second-order valence-electron chi connectivity index (χ2n) is 13.8. The molecule has 0 saturated carbocycles. The van der Waals surface area contributed by atoms with Gasteiger partial charge >= 0.3 is 0 Å². The molecule has 0 aliphatic carbocycles. The summed E-state index contributed by atoms with van der Waals surface area (Å²) in [5, 5.41) is 0. The third-order valence-electron chi connectivity index (χ3n) is 9.68. The molecule has 2 aromatic heterocycles. The van der Waals surface area contributed by atoms with Gasteiger partial charge in [-0.25, -0.2) is 9.97 Å². The Bertz CT molecular complexity index is 2620. The molecular formula is C50H42N4. The van der Waals surface area contributed by atoms with Crippen LogP contribution >= 0.6 is 0 Å². The summed E-state index contributed by atoms with van der Waals surface area (Å²) in [6, 6.07) is 46.6. The van der Waals surface area contributed by atoms with E-state index in [9.17, 15) is 0 Å². The standard InChI is InChI=1S/C50H42N4/c1-34(2)18-16-17-27-40-48(37-21-10-5-11-22-37)42-30-31-45(53-42)50(39-25-14-7-15-26-39)46-33-32-44(54-46)49(38-23-12-6-13-24-38)43-29-28-41(52-43)47(35(3)51-40)36-19-8-4-9-20-36/h4-26,28-33,51,54H,27H2,1-3H3/b17-16+,47-35?,48-40?,49-43?,50-45?. The zero-order chi connectivity index (χ0) is 36.9. The Morgan fingerprint density at radius 2 is 0.870 bits per heavy atom. The largest absolute Gasteiger partial charge is 0.361 e. The van der Waals surface area contributed by atoms with Gasteiger partial charge in [-0.15, -0.1) is 0 Å². The van der Waals surface area contributed by atoms with Crippen LogP contribution in [0.3, 0.4) is 0 Å². The zero-order valence-corrected chi connectivity index (χ0v) is 30.8. The Kier molecular flexibility index (Phi) is 9.82. The summed E-state index contributed by atoms with van der Waals surface area (Å²) in [6.45, 7) is 6.40. The van der Waals surface area contributed by atoms with Crippen molar-refractivity contribution in [3.05, 3.63) is 191 Å². The molecule has 54 heavy (non-hydrogen) atoms. The van der Waals surface area contributed by atoms with Gasteiger partial charge in [0.05, 0.1) is 22.8 Å². The summed E-state index contributed by atoms with van der Waals surface area (Å²) in [4.78, 5) is 18.7. The predicted molar refractivity (Wildman–Crippen MR) is 229 cm³/mol. The van der Waals surface area contributed by atoms with Gasteiger partial charge in [-0.1, -0.05) is 145 Å². The highest BCUT2D eigenvalue weighted by Gasteiger charge is 2.18. The van der Waals surface area contributed by atoms with Crippen molar-refractivity contribution < 1.29 is 0 Å². The Hall–Kier alpha value is -6.78. The number of nitrogens with one attached hydrogen (secondary N) is 2. The van der Waals surface area contributed by atoms with E-state index in [1.54, 1.807) is 0 Å². The Morgan fingerprint density at radius 3 is 1.31 bits per heavy atom. The number of H-pyrrole nitrogens is 2. The van der Waals surface area contributed by atoms with Crippen molar-refractivity contribution in [3.63, 3.8) is 0 Å². The molecule has 0 radical (unpaired) electrons. The van der Waals surface area contributed by atoms with Crippen molar-refractivity contribution in [1.29, 1.82) is 0 Å². The third kappa shape index (κ3) is 7.15. The fourth-order valence-corrected chi connectivity index (χ4v) is 7.25. The van der Waals surface area contributed by atoms with Gasteiger partial charge in [0.25, 0.3) is 0 Å².